The summed E-state index contributed by atoms with van der Waals surface area (Å²) in [4.78, 5) is 22.8. The van der Waals surface area contributed by atoms with E-state index in [2.05, 4.69) is 10.6 Å². The summed E-state index contributed by atoms with van der Waals surface area (Å²) < 4.78 is 0. The fourth-order valence-electron chi connectivity index (χ4n) is 2.08. The quantitative estimate of drug-likeness (QED) is 0.602. The normalized spacial score (nSPS) is 26.3. The molecule has 1 saturated carbocycles. The van der Waals surface area contributed by atoms with Gasteiger partial charge in [-0.3, -0.25) is 4.79 Å². The minimum Gasteiger partial charge on any atom is -0.481 e. The number of hydrogen-bond acceptors (Lipinski definition) is 3. The van der Waals surface area contributed by atoms with Crippen molar-refractivity contribution in [2.45, 2.75) is 58.1 Å². The molecule has 0 saturated heterocycles. The van der Waals surface area contributed by atoms with Gasteiger partial charge in [-0.15, -0.1) is 0 Å². The first-order valence-corrected chi connectivity index (χ1v) is 6.83. The number of urea groups is 1. The molecule has 1 fully saturated rings. The Bertz CT molecular complexity index is 327. The molecule has 1 aliphatic carbocycles. The maximum atomic E-state index is 11.7. The van der Waals surface area contributed by atoms with Crippen LogP contribution in [0.5, 0.6) is 0 Å². The van der Waals surface area contributed by atoms with E-state index < -0.39 is 11.4 Å². The van der Waals surface area contributed by atoms with Crippen molar-refractivity contribution < 1.29 is 19.8 Å². The lowest BCUT2D eigenvalue weighted by Crippen LogP contribution is -2.48. The molecular formula is C13H24N2O4. The molecule has 0 spiro atoms. The number of aliphatic hydroxyl groups excluding tert-OH is 1. The van der Waals surface area contributed by atoms with Crippen LogP contribution in [0.2, 0.25) is 0 Å². The SMILES string of the molecule is CCC(C)(CNC(=O)NC1CCC(O)CC1)C(=O)O. The van der Waals surface area contributed by atoms with Crippen LogP contribution in [0.15, 0.2) is 0 Å². The van der Waals surface area contributed by atoms with Gasteiger partial charge in [-0.25, -0.2) is 4.79 Å². The summed E-state index contributed by atoms with van der Waals surface area (Å²) in [6, 6.07) is -0.261. The van der Waals surface area contributed by atoms with Gasteiger partial charge in [0.25, 0.3) is 0 Å². The topological polar surface area (TPSA) is 98.7 Å². The summed E-state index contributed by atoms with van der Waals surface area (Å²) in [6.45, 7) is 3.52. The molecule has 1 aliphatic rings. The number of rotatable bonds is 5. The van der Waals surface area contributed by atoms with Crippen LogP contribution >= 0.6 is 0 Å². The summed E-state index contributed by atoms with van der Waals surface area (Å²) in [5, 5.41) is 23.9. The van der Waals surface area contributed by atoms with Gasteiger partial charge in [0.2, 0.25) is 0 Å². The van der Waals surface area contributed by atoms with Crippen LogP contribution in [0.1, 0.15) is 46.0 Å². The van der Waals surface area contributed by atoms with Gasteiger partial charge >= 0.3 is 12.0 Å². The van der Waals surface area contributed by atoms with Crippen LogP contribution in [0.3, 0.4) is 0 Å². The molecule has 110 valence electrons. The van der Waals surface area contributed by atoms with Crippen molar-refractivity contribution in [1.82, 2.24) is 10.6 Å². The Balaban J connectivity index is 2.33. The van der Waals surface area contributed by atoms with Gasteiger partial charge in [-0.05, 0) is 39.0 Å². The van der Waals surface area contributed by atoms with Gasteiger partial charge in [-0.2, -0.15) is 0 Å². The van der Waals surface area contributed by atoms with Crippen molar-refractivity contribution in [3.63, 3.8) is 0 Å². The monoisotopic (exact) mass is 272 g/mol. The zero-order valence-corrected chi connectivity index (χ0v) is 11.6. The lowest BCUT2D eigenvalue weighted by Gasteiger charge is -2.27. The van der Waals surface area contributed by atoms with E-state index >= 15 is 0 Å². The summed E-state index contributed by atoms with van der Waals surface area (Å²) in [5.74, 6) is -0.906. The van der Waals surface area contributed by atoms with Gasteiger partial charge in [0.15, 0.2) is 0 Å². The van der Waals surface area contributed by atoms with E-state index in [1.54, 1.807) is 13.8 Å². The molecule has 1 atom stereocenters. The van der Waals surface area contributed by atoms with E-state index in [0.29, 0.717) is 19.3 Å². The molecule has 0 radical (unpaired) electrons. The van der Waals surface area contributed by atoms with E-state index in [-0.39, 0.29) is 24.7 Å². The Kier molecular flexibility index (Phi) is 5.60. The largest absolute Gasteiger partial charge is 0.481 e. The second kappa shape index (κ2) is 6.75. The number of aliphatic carboxylic acids is 1. The number of nitrogens with one attached hydrogen (secondary N) is 2. The van der Waals surface area contributed by atoms with Crippen LogP contribution < -0.4 is 10.6 Å². The standard InChI is InChI=1S/C13H24N2O4/c1-3-13(2,11(17)18)8-14-12(19)15-9-4-6-10(16)7-5-9/h9-10,16H,3-8H2,1-2H3,(H,17,18)(H2,14,15,19). The number of carboxylic acids is 1. The first kappa shape index (κ1) is 15.8. The van der Waals surface area contributed by atoms with Crippen LogP contribution in [-0.4, -0.2) is 40.9 Å². The molecule has 6 nitrogen and oxygen atoms in total. The predicted octanol–water partition coefficient (Wildman–Crippen LogP) is 1.09. The molecule has 0 heterocycles. The highest BCUT2D eigenvalue weighted by Gasteiger charge is 2.31. The van der Waals surface area contributed by atoms with Crippen molar-refractivity contribution in [3.05, 3.63) is 0 Å². The van der Waals surface area contributed by atoms with Crippen molar-refractivity contribution in [1.29, 1.82) is 0 Å². The number of carboxylic acid groups (broad SMARTS) is 1. The lowest BCUT2D eigenvalue weighted by atomic mass is 9.88. The third-order valence-electron chi connectivity index (χ3n) is 3.97. The minimum absolute atomic E-state index is 0.0705. The number of aliphatic hydroxyl groups is 1. The average molecular weight is 272 g/mol. The molecule has 1 rings (SSSR count). The molecule has 0 bridgehead atoms. The third-order valence-corrected chi connectivity index (χ3v) is 3.97. The molecule has 6 heteroatoms. The number of hydrogen-bond donors (Lipinski definition) is 4. The van der Waals surface area contributed by atoms with Crippen LogP contribution in [0.4, 0.5) is 4.79 Å². The maximum absolute atomic E-state index is 11.7. The Morgan fingerprint density at radius 1 is 1.26 bits per heavy atom. The Morgan fingerprint density at radius 3 is 2.32 bits per heavy atom. The van der Waals surface area contributed by atoms with E-state index in [9.17, 15) is 14.7 Å². The van der Waals surface area contributed by atoms with E-state index in [0.717, 1.165) is 12.8 Å². The van der Waals surface area contributed by atoms with Gasteiger partial charge in [0.05, 0.1) is 11.5 Å². The van der Waals surface area contributed by atoms with Crippen LogP contribution in [0.25, 0.3) is 0 Å². The maximum Gasteiger partial charge on any atom is 0.315 e. The second-order valence-electron chi connectivity index (χ2n) is 5.55. The van der Waals surface area contributed by atoms with E-state index in [1.165, 1.54) is 0 Å². The second-order valence-corrected chi connectivity index (χ2v) is 5.55. The number of carbonyl (C=O) groups excluding carboxylic acids is 1. The Morgan fingerprint density at radius 2 is 1.84 bits per heavy atom. The van der Waals surface area contributed by atoms with Gasteiger partial charge in [0.1, 0.15) is 0 Å². The van der Waals surface area contributed by atoms with Crippen molar-refractivity contribution >= 4 is 12.0 Å². The number of carbonyl (C=O) groups is 2. The van der Waals surface area contributed by atoms with Gasteiger partial charge < -0.3 is 20.8 Å². The highest BCUT2D eigenvalue weighted by molar-refractivity contribution is 5.77. The summed E-state index contributed by atoms with van der Waals surface area (Å²) in [6.07, 6.45) is 3.13. The zero-order valence-electron chi connectivity index (χ0n) is 11.6. The highest BCUT2D eigenvalue weighted by Crippen LogP contribution is 2.20. The van der Waals surface area contributed by atoms with Crippen LogP contribution in [0, 0.1) is 5.41 Å². The molecule has 0 aromatic carbocycles. The molecule has 19 heavy (non-hydrogen) atoms. The van der Waals surface area contributed by atoms with E-state index in [1.807, 2.05) is 0 Å². The van der Waals surface area contributed by atoms with Gasteiger partial charge in [-0.1, -0.05) is 6.92 Å². The first-order valence-electron chi connectivity index (χ1n) is 6.83. The van der Waals surface area contributed by atoms with Crippen molar-refractivity contribution in [3.8, 4) is 0 Å². The van der Waals surface area contributed by atoms with Crippen molar-refractivity contribution in [2.24, 2.45) is 5.41 Å². The molecule has 2 amide bonds. The highest BCUT2D eigenvalue weighted by atomic mass is 16.4. The summed E-state index contributed by atoms with van der Waals surface area (Å²) in [7, 11) is 0. The predicted molar refractivity (Wildman–Crippen MR) is 70.8 cm³/mol. The minimum atomic E-state index is -0.930. The Labute approximate surface area is 113 Å². The van der Waals surface area contributed by atoms with Crippen molar-refractivity contribution in [2.75, 3.05) is 6.54 Å². The molecule has 4 N–H and O–H groups in total. The molecule has 0 aromatic heterocycles. The summed E-state index contributed by atoms with van der Waals surface area (Å²) >= 11 is 0. The van der Waals surface area contributed by atoms with E-state index in [4.69, 9.17) is 5.11 Å². The lowest BCUT2D eigenvalue weighted by molar-refractivity contribution is -0.147. The van der Waals surface area contributed by atoms with Gasteiger partial charge in [0, 0.05) is 12.6 Å². The fraction of sp³-hybridized carbons (Fsp3) is 0.846. The third kappa shape index (κ3) is 4.70. The molecule has 1 unspecified atom stereocenters. The molecule has 0 aliphatic heterocycles. The molecular weight excluding hydrogens is 248 g/mol. The smallest absolute Gasteiger partial charge is 0.315 e. The molecule has 0 aromatic rings. The zero-order chi connectivity index (χ0) is 14.5. The van der Waals surface area contributed by atoms with Crippen LogP contribution in [-0.2, 0) is 4.79 Å². The summed E-state index contributed by atoms with van der Waals surface area (Å²) in [5.41, 5.74) is -0.930. The first-order chi connectivity index (χ1) is 8.87. The average Bonchev–Trinajstić information content (AvgIpc) is 2.38. The Hall–Kier alpha value is -1.30. The number of amides is 2. The fourth-order valence-corrected chi connectivity index (χ4v) is 2.08.